The number of carbonyl (C=O) groups is 11. The first-order chi connectivity index (χ1) is 39.3. The van der Waals surface area contributed by atoms with Crippen molar-refractivity contribution in [3.63, 3.8) is 0 Å². The first-order valence-electron chi connectivity index (χ1n) is 29.5. The zero-order valence-electron chi connectivity index (χ0n) is 49.2. The van der Waals surface area contributed by atoms with Crippen LogP contribution in [0.1, 0.15) is 194 Å². The van der Waals surface area contributed by atoms with Gasteiger partial charge in [-0.15, -0.1) is 0 Å². The Labute approximate surface area is 484 Å². The third-order valence-corrected chi connectivity index (χ3v) is 12.9. The molecule has 0 radical (unpaired) electrons. The molecule has 4 atom stereocenters. The van der Waals surface area contributed by atoms with Crippen molar-refractivity contribution >= 4 is 64.9 Å². The average molecular weight is 1180 g/mol. The van der Waals surface area contributed by atoms with E-state index in [1.807, 2.05) is 6.92 Å². The SMILES string of the molecule is CCC(=O)COCCOCCNC(=O)CC[C@H](NC(=O)CCCCCCCCCCCCCCCCC(=O)O)C(=O)O.CCCOCCOCC(=O)N[C@@H](CCC(=O)C[C@@H](CCC(=O)NCCCCC(NC)C(=O)CO)C(=O)O)C(=O)O. The first-order valence-corrected chi connectivity index (χ1v) is 29.5. The van der Waals surface area contributed by atoms with Crippen molar-refractivity contribution in [2.75, 3.05) is 79.6 Å². The van der Waals surface area contributed by atoms with Crippen LogP contribution in [0.25, 0.3) is 0 Å². The van der Waals surface area contributed by atoms with Gasteiger partial charge in [-0.05, 0) is 64.8 Å². The van der Waals surface area contributed by atoms with Crippen molar-refractivity contribution in [3.8, 4) is 0 Å². The largest absolute Gasteiger partial charge is 0.481 e. The van der Waals surface area contributed by atoms with E-state index in [9.17, 15) is 68.1 Å². The second kappa shape index (κ2) is 54.8. The number of unbranched alkanes of at least 4 members (excludes halogenated alkanes) is 14. The maximum absolute atomic E-state index is 12.4. The Bertz CT molecular complexity index is 1810. The van der Waals surface area contributed by atoms with E-state index in [0.29, 0.717) is 65.1 Å². The molecule has 10 N–H and O–H groups in total. The zero-order valence-corrected chi connectivity index (χ0v) is 49.2. The van der Waals surface area contributed by atoms with Crippen LogP contribution in [0.4, 0.5) is 0 Å². The van der Waals surface area contributed by atoms with Crippen LogP contribution in [0.15, 0.2) is 0 Å². The van der Waals surface area contributed by atoms with E-state index in [1.54, 1.807) is 14.0 Å². The molecular weight excluding hydrogens is 1070 g/mol. The molecule has 0 aliphatic rings. The number of carboxylic acids is 4. The minimum atomic E-state index is -1.34. The van der Waals surface area contributed by atoms with Crippen LogP contribution in [0.2, 0.25) is 0 Å². The molecule has 4 amide bonds. The molecule has 0 saturated heterocycles. The Hall–Kier alpha value is -5.47. The highest BCUT2D eigenvalue weighted by Gasteiger charge is 2.26. The fraction of sp³-hybridized carbons (Fsp3) is 0.807. The van der Waals surface area contributed by atoms with E-state index in [1.165, 1.54) is 44.9 Å². The molecule has 0 rings (SSSR count). The van der Waals surface area contributed by atoms with Crippen LogP contribution in [0, 0.1) is 5.92 Å². The van der Waals surface area contributed by atoms with Crippen molar-refractivity contribution in [2.24, 2.45) is 5.92 Å². The van der Waals surface area contributed by atoms with Gasteiger partial charge in [0, 0.05) is 64.6 Å². The minimum Gasteiger partial charge on any atom is -0.481 e. The van der Waals surface area contributed by atoms with Gasteiger partial charge in [-0.2, -0.15) is 0 Å². The predicted octanol–water partition coefficient (Wildman–Crippen LogP) is 4.45. The zero-order chi connectivity index (χ0) is 61.6. The topological polar surface area (TPSA) is 386 Å². The summed E-state index contributed by atoms with van der Waals surface area (Å²) in [4.78, 5) is 128. The van der Waals surface area contributed by atoms with Gasteiger partial charge in [0.15, 0.2) is 11.6 Å². The number of carboxylic acid groups (broad SMARTS) is 4. The van der Waals surface area contributed by atoms with E-state index in [-0.39, 0.29) is 120 Å². The van der Waals surface area contributed by atoms with Crippen LogP contribution in [-0.2, 0) is 71.7 Å². The monoisotopic (exact) mass is 1180 g/mol. The van der Waals surface area contributed by atoms with Crippen molar-refractivity contribution in [3.05, 3.63) is 0 Å². The number of carbonyl (C=O) groups excluding carboxylic acids is 7. The lowest BCUT2D eigenvalue weighted by Gasteiger charge is -2.16. The van der Waals surface area contributed by atoms with Gasteiger partial charge in [0.05, 0.1) is 45.0 Å². The van der Waals surface area contributed by atoms with Crippen LogP contribution >= 0.6 is 0 Å². The maximum Gasteiger partial charge on any atom is 0.326 e. The first kappa shape index (κ1) is 78.6. The number of ether oxygens (including phenoxy) is 4. The van der Waals surface area contributed by atoms with E-state index in [0.717, 1.165) is 44.9 Å². The molecule has 0 aliphatic carbocycles. The molecule has 0 saturated carbocycles. The number of amides is 4. The highest BCUT2D eigenvalue weighted by molar-refractivity contribution is 5.87. The quantitative estimate of drug-likeness (QED) is 0.0376. The molecule has 0 heterocycles. The molecule has 0 spiro atoms. The molecule has 0 aliphatic heterocycles. The molecule has 474 valence electrons. The lowest BCUT2D eigenvalue weighted by molar-refractivity contribution is -0.145. The summed E-state index contributed by atoms with van der Waals surface area (Å²) >= 11 is 0. The number of aliphatic hydroxyl groups excluding tert-OH is 1. The number of aliphatic hydroxyl groups is 1. The molecule has 25 nitrogen and oxygen atoms in total. The summed E-state index contributed by atoms with van der Waals surface area (Å²) in [5.74, 6) is -7.97. The third kappa shape index (κ3) is 50.3. The van der Waals surface area contributed by atoms with Gasteiger partial charge in [-0.25, -0.2) is 9.59 Å². The lowest BCUT2D eigenvalue weighted by Crippen LogP contribution is -2.42. The summed E-state index contributed by atoms with van der Waals surface area (Å²) in [7, 11) is 1.62. The maximum atomic E-state index is 12.4. The van der Waals surface area contributed by atoms with Gasteiger partial charge in [0.2, 0.25) is 23.6 Å². The standard InChI is InChI=1S/C31H56N2O9.C26H45N3O11/c1-2-26(34)25-42-24-23-41-22-21-32-28(35)20-19-27(31(39)40)33-29(36)17-15-13-11-9-7-5-3-4-6-8-10-12-14-16-18-30(37)38;1-3-12-39-13-14-40-17-24(34)29-21(26(37)38)9-8-19(31)15-18(25(35)36)7-10-23(33)28-11-5-4-6-20(27-2)22(32)16-30/h27H,2-25H2,1H3,(H,32,35)(H,33,36)(H,37,38)(H,39,40);18,20-21,27,30H,3-17H2,1-2H3,(H,28,33)(H,29,34)(H,35,36)(H,37,38)/t27-;18-,20?,21+/m01/s1. The van der Waals surface area contributed by atoms with Gasteiger partial charge in [-0.3, -0.25) is 43.2 Å². The van der Waals surface area contributed by atoms with E-state index < -0.39 is 66.2 Å². The number of Topliss-reactive ketones (excluding diaryl/α,β-unsaturated/α-hetero) is 3. The molecule has 25 heteroatoms. The van der Waals surface area contributed by atoms with Crippen LogP contribution < -0.4 is 26.6 Å². The Morgan fingerprint density at radius 1 is 0.415 bits per heavy atom. The molecule has 0 aromatic heterocycles. The molecule has 0 aromatic carbocycles. The van der Waals surface area contributed by atoms with Gasteiger partial charge >= 0.3 is 23.9 Å². The average Bonchev–Trinajstić information content (AvgIpc) is 3.45. The van der Waals surface area contributed by atoms with Gasteiger partial charge < -0.3 is 71.1 Å². The molecule has 0 bridgehead atoms. The smallest absolute Gasteiger partial charge is 0.326 e. The Morgan fingerprint density at radius 3 is 1.39 bits per heavy atom. The molecule has 82 heavy (non-hydrogen) atoms. The van der Waals surface area contributed by atoms with E-state index in [2.05, 4.69) is 26.6 Å². The Kier molecular flexibility index (Phi) is 52.5. The highest BCUT2D eigenvalue weighted by atomic mass is 16.5. The Balaban J connectivity index is 0. The van der Waals surface area contributed by atoms with Gasteiger partial charge in [-0.1, -0.05) is 90.9 Å². The molecule has 1 unspecified atom stereocenters. The summed E-state index contributed by atoms with van der Waals surface area (Å²) in [6.07, 6.45) is 17.8. The fourth-order valence-electron chi connectivity index (χ4n) is 8.03. The summed E-state index contributed by atoms with van der Waals surface area (Å²) in [5.41, 5.74) is 0. The highest BCUT2D eigenvalue weighted by Crippen LogP contribution is 2.16. The van der Waals surface area contributed by atoms with Gasteiger partial charge in [0.25, 0.3) is 0 Å². The van der Waals surface area contributed by atoms with Gasteiger partial charge in [0.1, 0.15) is 37.7 Å². The van der Waals surface area contributed by atoms with Crippen molar-refractivity contribution in [1.29, 1.82) is 0 Å². The van der Waals surface area contributed by atoms with Crippen molar-refractivity contribution < 1.29 is 97.2 Å². The number of hydrogen-bond donors (Lipinski definition) is 10. The number of rotatable bonds is 57. The predicted molar refractivity (Wildman–Crippen MR) is 303 cm³/mol. The number of ketones is 3. The molecule has 0 fully saturated rings. The molecule has 0 aromatic rings. The summed E-state index contributed by atoms with van der Waals surface area (Å²) in [6, 6.07) is -2.89. The van der Waals surface area contributed by atoms with E-state index in [4.69, 9.17) is 29.2 Å². The lowest BCUT2D eigenvalue weighted by atomic mass is 9.94. The summed E-state index contributed by atoms with van der Waals surface area (Å²) in [5, 5.41) is 58.7. The minimum absolute atomic E-state index is 0.0137. The van der Waals surface area contributed by atoms with Crippen LogP contribution in [0.5, 0.6) is 0 Å². The van der Waals surface area contributed by atoms with Crippen LogP contribution in [-0.4, -0.2) is 188 Å². The van der Waals surface area contributed by atoms with Crippen molar-refractivity contribution in [2.45, 2.75) is 212 Å². The number of likely N-dealkylation sites (N-methyl/N-ethyl adjacent to an activating group) is 1. The summed E-state index contributed by atoms with van der Waals surface area (Å²) < 4.78 is 20.8. The third-order valence-electron chi connectivity index (χ3n) is 12.9. The normalized spacial score (nSPS) is 12.4. The number of nitrogens with one attached hydrogen (secondary N) is 5. The second-order valence-electron chi connectivity index (χ2n) is 20.0. The van der Waals surface area contributed by atoms with Crippen molar-refractivity contribution in [1.82, 2.24) is 26.6 Å². The van der Waals surface area contributed by atoms with Crippen LogP contribution in [0.3, 0.4) is 0 Å². The number of hydrogen-bond acceptors (Lipinski definition) is 17. The Morgan fingerprint density at radius 2 is 0.890 bits per heavy atom. The van der Waals surface area contributed by atoms with E-state index >= 15 is 0 Å². The summed E-state index contributed by atoms with van der Waals surface area (Å²) in [6.45, 7) is 5.40. The molecular formula is C57H101N5O20. The second-order valence-corrected chi connectivity index (χ2v) is 20.0. The fourth-order valence-corrected chi connectivity index (χ4v) is 8.03. The number of aliphatic carboxylic acids is 4.